The van der Waals surface area contributed by atoms with Gasteiger partial charge in [-0.05, 0) is 50.6 Å². The summed E-state index contributed by atoms with van der Waals surface area (Å²) in [5, 5.41) is 1.10. The largest absolute Gasteiger partial charge is 0.331 e. The molecule has 0 aliphatic rings. The Kier molecular flexibility index (Phi) is 3.71. The molecule has 25 heavy (non-hydrogen) atoms. The first-order valence-electron chi connectivity index (χ1n) is 8.54. The highest BCUT2D eigenvalue weighted by molar-refractivity contribution is 6.02. The lowest BCUT2D eigenvalue weighted by Gasteiger charge is -2.07. The first-order valence-corrected chi connectivity index (χ1v) is 8.54. The number of aryl methyl sites for hydroxylation is 5. The van der Waals surface area contributed by atoms with Crippen LogP contribution in [0, 0.1) is 20.8 Å². The molecule has 1 aromatic carbocycles. The monoisotopic (exact) mass is 331 g/mol. The number of fused-ring (bicyclic) bond motifs is 3. The second-order valence-electron chi connectivity index (χ2n) is 6.53. The van der Waals surface area contributed by atoms with Crippen molar-refractivity contribution in [3.8, 4) is 0 Å². The molecule has 3 heterocycles. The molecule has 0 aliphatic carbocycles. The van der Waals surface area contributed by atoms with E-state index < -0.39 is 0 Å². The van der Waals surface area contributed by atoms with Gasteiger partial charge < -0.3 is 4.57 Å². The van der Waals surface area contributed by atoms with Crippen molar-refractivity contribution in [2.75, 3.05) is 0 Å². The lowest BCUT2D eigenvalue weighted by Crippen LogP contribution is -2.06. The zero-order valence-electron chi connectivity index (χ0n) is 15.0. The van der Waals surface area contributed by atoms with E-state index in [0.717, 1.165) is 57.8 Å². The van der Waals surface area contributed by atoms with Crippen molar-refractivity contribution in [1.29, 1.82) is 0 Å². The molecular weight excluding hydrogens is 310 g/mol. The molecule has 126 valence electrons. The number of nitrogens with zero attached hydrogens (tertiary/aromatic N) is 5. The van der Waals surface area contributed by atoms with Crippen LogP contribution in [0.4, 0.5) is 0 Å². The number of hydrogen-bond acceptors (Lipinski definition) is 4. The number of rotatable bonds is 3. The molecule has 0 fully saturated rings. The van der Waals surface area contributed by atoms with Gasteiger partial charge in [0.2, 0.25) is 0 Å². The Morgan fingerprint density at radius 2 is 1.68 bits per heavy atom. The van der Waals surface area contributed by atoms with Gasteiger partial charge in [0, 0.05) is 42.9 Å². The van der Waals surface area contributed by atoms with Crippen molar-refractivity contribution in [1.82, 2.24) is 24.5 Å². The number of hydrogen-bond donors (Lipinski definition) is 0. The van der Waals surface area contributed by atoms with Crippen molar-refractivity contribution in [2.24, 2.45) is 7.05 Å². The van der Waals surface area contributed by atoms with Crippen LogP contribution in [0.1, 0.15) is 28.6 Å². The van der Waals surface area contributed by atoms with Crippen LogP contribution in [-0.2, 0) is 19.9 Å². The number of aromatic nitrogens is 5. The summed E-state index contributed by atoms with van der Waals surface area (Å²) in [4.78, 5) is 18.6. The molecule has 0 saturated heterocycles. The average molecular weight is 331 g/mol. The van der Waals surface area contributed by atoms with Gasteiger partial charge in [-0.2, -0.15) is 0 Å². The lowest BCUT2D eigenvalue weighted by molar-refractivity contribution is 0.750. The van der Waals surface area contributed by atoms with Crippen LogP contribution in [0.25, 0.3) is 21.9 Å². The summed E-state index contributed by atoms with van der Waals surface area (Å²) in [6.45, 7) is 6.16. The predicted molar refractivity (Wildman–Crippen MR) is 99.7 cm³/mol. The van der Waals surface area contributed by atoms with Gasteiger partial charge in [-0.15, -0.1) is 0 Å². The highest BCUT2D eigenvalue weighted by atomic mass is 15.1. The van der Waals surface area contributed by atoms with Gasteiger partial charge in [0.05, 0.1) is 16.6 Å². The molecular formula is C20H21N5. The van der Waals surface area contributed by atoms with E-state index in [4.69, 9.17) is 4.98 Å². The molecule has 0 aliphatic heterocycles. The van der Waals surface area contributed by atoms with E-state index >= 15 is 0 Å². The Morgan fingerprint density at radius 1 is 0.920 bits per heavy atom. The van der Waals surface area contributed by atoms with Gasteiger partial charge in [0.25, 0.3) is 0 Å². The molecule has 0 amide bonds. The fourth-order valence-corrected chi connectivity index (χ4v) is 3.26. The minimum absolute atomic E-state index is 0.787. The normalized spacial score (nSPS) is 11.5. The third-order valence-corrected chi connectivity index (χ3v) is 4.98. The zero-order chi connectivity index (χ0) is 17.6. The van der Waals surface area contributed by atoms with E-state index in [1.807, 2.05) is 26.1 Å². The van der Waals surface area contributed by atoms with Gasteiger partial charge in [0.15, 0.2) is 0 Å². The Labute approximate surface area is 146 Å². The van der Waals surface area contributed by atoms with Crippen molar-refractivity contribution in [2.45, 2.75) is 33.6 Å². The van der Waals surface area contributed by atoms with Crippen LogP contribution in [0.15, 0.2) is 30.5 Å². The van der Waals surface area contributed by atoms with Crippen LogP contribution in [0.2, 0.25) is 0 Å². The predicted octanol–water partition coefficient (Wildman–Crippen LogP) is 3.62. The Morgan fingerprint density at radius 3 is 2.44 bits per heavy atom. The van der Waals surface area contributed by atoms with E-state index in [-0.39, 0.29) is 0 Å². The highest BCUT2D eigenvalue weighted by Gasteiger charge is 2.12. The van der Waals surface area contributed by atoms with Crippen LogP contribution in [-0.4, -0.2) is 24.5 Å². The van der Waals surface area contributed by atoms with Crippen molar-refractivity contribution in [3.63, 3.8) is 0 Å². The third kappa shape index (κ3) is 2.65. The maximum atomic E-state index is 4.89. The molecule has 4 rings (SSSR count). The second-order valence-corrected chi connectivity index (χ2v) is 6.53. The molecule has 0 radical (unpaired) electrons. The molecule has 3 aromatic heterocycles. The zero-order valence-corrected chi connectivity index (χ0v) is 15.0. The van der Waals surface area contributed by atoms with Gasteiger partial charge in [-0.1, -0.05) is 0 Å². The summed E-state index contributed by atoms with van der Waals surface area (Å²) in [6, 6.07) is 8.19. The maximum Gasteiger partial charge on any atom is 0.129 e. The summed E-state index contributed by atoms with van der Waals surface area (Å²) in [5.74, 6) is 1.94. The number of imidazole rings is 1. The Balaban J connectivity index is 1.70. The maximum absolute atomic E-state index is 4.89. The average Bonchev–Trinajstić information content (AvgIpc) is 2.94. The van der Waals surface area contributed by atoms with Crippen LogP contribution >= 0.6 is 0 Å². The van der Waals surface area contributed by atoms with Gasteiger partial charge >= 0.3 is 0 Å². The smallest absolute Gasteiger partial charge is 0.129 e. The van der Waals surface area contributed by atoms with Crippen LogP contribution in [0.3, 0.4) is 0 Å². The minimum atomic E-state index is 0.787. The number of benzene rings is 1. The van der Waals surface area contributed by atoms with Gasteiger partial charge in [0.1, 0.15) is 11.6 Å². The Hall–Kier alpha value is -2.82. The Bertz CT molecular complexity index is 1070. The molecule has 0 bridgehead atoms. The topological polar surface area (TPSA) is 56.5 Å². The fourth-order valence-electron chi connectivity index (χ4n) is 3.26. The second kappa shape index (κ2) is 5.92. The van der Waals surface area contributed by atoms with E-state index in [0.29, 0.717) is 0 Å². The molecule has 5 nitrogen and oxygen atoms in total. The van der Waals surface area contributed by atoms with E-state index in [1.165, 1.54) is 5.56 Å². The molecule has 0 atom stereocenters. The van der Waals surface area contributed by atoms with Crippen molar-refractivity contribution in [3.05, 3.63) is 59.1 Å². The standard InChI is InChI=1S/C20H21N5/c1-12-13(2)22-18(23-14(12)3)9-10-19-24-20-15-6-5-11-21-16(15)7-8-17(20)25(19)4/h5-8,11H,9-10H2,1-4H3. The fraction of sp³-hybridized carbons (Fsp3) is 0.300. The summed E-state index contributed by atoms with van der Waals surface area (Å²) in [7, 11) is 2.07. The molecule has 4 aromatic rings. The van der Waals surface area contributed by atoms with E-state index in [2.05, 4.69) is 51.7 Å². The van der Waals surface area contributed by atoms with E-state index in [9.17, 15) is 0 Å². The number of pyridine rings is 1. The SMILES string of the molecule is Cc1nc(CCc2nc3c4cccnc4ccc3n2C)nc(C)c1C. The third-order valence-electron chi connectivity index (χ3n) is 4.98. The van der Waals surface area contributed by atoms with E-state index in [1.54, 1.807) is 0 Å². The van der Waals surface area contributed by atoms with Crippen molar-refractivity contribution >= 4 is 21.9 Å². The molecule has 0 saturated carbocycles. The molecule has 0 N–H and O–H groups in total. The van der Waals surface area contributed by atoms with Gasteiger partial charge in [-0.25, -0.2) is 15.0 Å². The summed E-state index contributed by atoms with van der Waals surface area (Å²) in [6.07, 6.45) is 3.42. The highest BCUT2D eigenvalue weighted by Crippen LogP contribution is 2.24. The molecule has 0 unspecified atom stereocenters. The van der Waals surface area contributed by atoms with Crippen LogP contribution < -0.4 is 0 Å². The quantitative estimate of drug-likeness (QED) is 0.575. The summed E-state index contributed by atoms with van der Waals surface area (Å²) in [5.41, 5.74) is 6.42. The summed E-state index contributed by atoms with van der Waals surface area (Å²) < 4.78 is 2.16. The van der Waals surface area contributed by atoms with Crippen molar-refractivity contribution < 1.29 is 0 Å². The molecule has 5 heteroatoms. The summed E-state index contributed by atoms with van der Waals surface area (Å²) >= 11 is 0. The molecule has 0 spiro atoms. The van der Waals surface area contributed by atoms with Gasteiger partial charge in [-0.3, -0.25) is 4.98 Å². The lowest BCUT2D eigenvalue weighted by atomic mass is 10.2. The first kappa shape index (κ1) is 15.7. The first-order chi connectivity index (χ1) is 12.0. The minimum Gasteiger partial charge on any atom is -0.331 e. The van der Waals surface area contributed by atoms with Crippen LogP contribution in [0.5, 0.6) is 0 Å².